The van der Waals surface area contributed by atoms with E-state index in [-0.39, 0.29) is 16.7 Å². The van der Waals surface area contributed by atoms with Gasteiger partial charge in [-0.2, -0.15) is 17.7 Å². The second kappa shape index (κ2) is 5.23. The molecule has 0 bridgehead atoms. The smallest absolute Gasteiger partial charge is 0.351 e. The SMILES string of the molecule is Fc1cc(C(F)(F)F)cc2c1nc(N1CCNCC1)c1nnnn12. The van der Waals surface area contributed by atoms with E-state index in [1.807, 2.05) is 4.90 Å². The molecule has 1 aliphatic heterocycles. The number of tetrazole rings is 1. The molecule has 1 aromatic carbocycles. The highest BCUT2D eigenvalue weighted by molar-refractivity contribution is 5.83. The van der Waals surface area contributed by atoms with Crippen LogP contribution in [0.3, 0.4) is 0 Å². The maximum Gasteiger partial charge on any atom is 0.416 e. The van der Waals surface area contributed by atoms with Crippen LogP contribution in [-0.2, 0) is 6.18 Å². The summed E-state index contributed by atoms with van der Waals surface area (Å²) in [7, 11) is 0. The van der Waals surface area contributed by atoms with Gasteiger partial charge in [0.1, 0.15) is 5.52 Å². The summed E-state index contributed by atoms with van der Waals surface area (Å²) in [6.45, 7) is 2.65. The van der Waals surface area contributed by atoms with Gasteiger partial charge in [-0.15, -0.1) is 5.10 Å². The summed E-state index contributed by atoms with van der Waals surface area (Å²) in [5.74, 6) is -0.707. The molecule has 4 rings (SSSR count). The molecule has 0 amide bonds. The van der Waals surface area contributed by atoms with Crippen molar-refractivity contribution >= 4 is 22.5 Å². The normalized spacial score (nSPS) is 16.2. The third-order valence-electron chi connectivity index (χ3n) is 3.90. The first-order valence-electron chi connectivity index (χ1n) is 7.19. The molecular weight excluding hydrogens is 330 g/mol. The molecule has 126 valence electrons. The summed E-state index contributed by atoms with van der Waals surface area (Å²) in [5.41, 5.74) is -1.23. The lowest BCUT2D eigenvalue weighted by atomic mass is 10.1. The van der Waals surface area contributed by atoms with Gasteiger partial charge in [-0.05, 0) is 22.6 Å². The van der Waals surface area contributed by atoms with E-state index in [0.717, 1.165) is 10.6 Å². The predicted molar refractivity (Wildman–Crippen MR) is 76.1 cm³/mol. The third kappa shape index (κ3) is 2.31. The Labute approximate surface area is 132 Å². The van der Waals surface area contributed by atoms with Gasteiger partial charge >= 0.3 is 6.18 Å². The molecule has 24 heavy (non-hydrogen) atoms. The molecule has 1 fully saturated rings. The Hall–Kier alpha value is -2.56. The van der Waals surface area contributed by atoms with Crippen LogP contribution in [0.15, 0.2) is 12.1 Å². The Balaban J connectivity index is 2.00. The zero-order valence-electron chi connectivity index (χ0n) is 12.2. The summed E-state index contributed by atoms with van der Waals surface area (Å²) in [6.07, 6.45) is -4.67. The van der Waals surface area contributed by atoms with Crippen molar-refractivity contribution in [1.82, 2.24) is 30.3 Å². The number of halogens is 4. The van der Waals surface area contributed by atoms with Crippen LogP contribution in [0.4, 0.5) is 23.4 Å². The molecule has 2 aromatic heterocycles. The fourth-order valence-electron chi connectivity index (χ4n) is 2.75. The van der Waals surface area contributed by atoms with Gasteiger partial charge in [0.2, 0.25) is 5.65 Å². The highest BCUT2D eigenvalue weighted by Gasteiger charge is 2.33. The van der Waals surface area contributed by atoms with Crippen LogP contribution in [-0.4, -0.2) is 51.2 Å². The monoisotopic (exact) mass is 341 g/mol. The molecule has 1 aliphatic rings. The lowest BCUT2D eigenvalue weighted by Gasteiger charge is -2.28. The number of alkyl halides is 3. The fraction of sp³-hybridized carbons (Fsp3) is 0.385. The van der Waals surface area contributed by atoms with E-state index >= 15 is 0 Å². The first-order valence-corrected chi connectivity index (χ1v) is 7.19. The standard InChI is InChI=1S/C13H11F4N7/c14-8-5-7(13(15,16)17)6-9-10(8)19-11(12-20-21-22-24(9)12)23-3-1-18-2-4-23/h5-6,18H,1-4H2. The Morgan fingerprint density at radius 3 is 2.58 bits per heavy atom. The van der Waals surface area contributed by atoms with Crippen molar-refractivity contribution in [3.8, 4) is 0 Å². The van der Waals surface area contributed by atoms with Crippen LogP contribution in [0, 0.1) is 5.82 Å². The van der Waals surface area contributed by atoms with Crippen LogP contribution in [0.5, 0.6) is 0 Å². The average Bonchev–Trinajstić information content (AvgIpc) is 3.04. The van der Waals surface area contributed by atoms with E-state index < -0.39 is 17.6 Å². The molecule has 11 heteroatoms. The van der Waals surface area contributed by atoms with E-state index in [9.17, 15) is 17.6 Å². The van der Waals surface area contributed by atoms with Crippen molar-refractivity contribution in [3.05, 3.63) is 23.5 Å². The first-order chi connectivity index (χ1) is 11.4. The molecule has 3 heterocycles. The van der Waals surface area contributed by atoms with Crippen molar-refractivity contribution in [3.63, 3.8) is 0 Å². The molecule has 7 nitrogen and oxygen atoms in total. The quantitative estimate of drug-likeness (QED) is 0.672. The van der Waals surface area contributed by atoms with Crippen molar-refractivity contribution in [2.45, 2.75) is 6.18 Å². The predicted octanol–water partition coefficient (Wildman–Crippen LogP) is 1.24. The minimum absolute atomic E-state index is 0.124. The van der Waals surface area contributed by atoms with Crippen LogP contribution in [0.2, 0.25) is 0 Å². The largest absolute Gasteiger partial charge is 0.416 e. The van der Waals surface area contributed by atoms with Gasteiger partial charge in [-0.1, -0.05) is 0 Å². The summed E-state index contributed by atoms with van der Waals surface area (Å²) in [6, 6.07) is 1.24. The fourth-order valence-corrected chi connectivity index (χ4v) is 2.75. The zero-order chi connectivity index (χ0) is 16.9. The lowest BCUT2D eigenvalue weighted by molar-refractivity contribution is -0.137. The summed E-state index contributed by atoms with van der Waals surface area (Å²) >= 11 is 0. The molecule has 3 aromatic rings. The highest BCUT2D eigenvalue weighted by atomic mass is 19.4. The van der Waals surface area contributed by atoms with Gasteiger partial charge < -0.3 is 10.2 Å². The number of fused-ring (bicyclic) bond motifs is 3. The van der Waals surface area contributed by atoms with Crippen molar-refractivity contribution in [1.29, 1.82) is 0 Å². The van der Waals surface area contributed by atoms with E-state index in [0.29, 0.717) is 38.1 Å². The second-order valence-corrected chi connectivity index (χ2v) is 5.41. The number of nitrogens with zero attached hydrogens (tertiary/aromatic N) is 6. The van der Waals surface area contributed by atoms with Crippen molar-refractivity contribution in [2.75, 3.05) is 31.1 Å². The van der Waals surface area contributed by atoms with E-state index in [4.69, 9.17) is 0 Å². The van der Waals surface area contributed by atoms with Gasteiger partial charge in [0.05, 0.1) is 11.1 Å². The zero-order valence-corrected chi connectivity index (χ0v) is 12.2. The number of rotatable bonds is 1. The molecule has 0 radical (unpaired) electrons. The Morgan fingerprint density at radius 2 is 1.88 bits per heavy atom. The van der Waals surface area contributed by atoms with Gasteiger partial charge in [-0.25, -0.2) is 9.37 Å². The maximum absolute atomic E-state index is 14.3. The van der Waals surface area contributed by atoms with E-state index in [1.165, 1.54) is 0 Å². The second-order valence-electron chi connectivity index (χ2n) is 5.41. The molecular formula is C13H11F4N7. The van der Waals surface area contributed by atoms with Crippen LogP contribution < -0.4 is 10.2 Å². The minimum atomic E-state index is -4.67. The number of nitrogens with one attached hydrogen (secondary N) is 1. The van der Waals surface area contributed by atoms with E-state index in [1.54, 1.807) is 0 Å². The number of hydrogen-bond donors (Lipinski definition) is 1. The summed E-state index contributed by atoms with van der Waals surface area (Å²) in [5, 5.41) is 14.2. The highest BCUT2D eigenvalue weighted by Crippen LogP contribution is 2.33. The third-order valence-corrected chi connectivity index (χ3v) is 3.90. The Bertz CT molecular complexity index is 914. The molecule has 1 N–H and O–H groups in total. The molecule has 1 saturated heterocycles. The molecule has 0 spiro atoms. The lowest BCUT2D eigenvalue weighted by Crippen LogP contribution is -2.44. The van der Waals surface area contributed by atoms with Crippen molar-refractivity contribution in [2.24, 2.45) is 0 Å². The van der Waals surface area contributed by atoms with Gasteiger partial charge in [0.15, 0.2) is 11.6 Å². The van der Waals surface area contributed by atoms with Crippen LogP contribution in [0.25, 0.3) is 16.7 Å². The number of anilines is 1. The summed E-state index contributed by atoms with van der Waals surface area (Å²) < 4.78 is 54.2. The Morgan fingerprint density at radius 1 is 1.12 bits per heavy atom. The first kappa shape index (κ1) is 15.0. The van der Waals surface area contributed by atoms with Crippen LogP contribution in [0.1, 0.15) is 5.56 Å². The van der Waals surface area contributed by atoms with Crippen molar-refractivity contribution < 1.29 is 17.6 Å². The molecule has 0 atom stereocenters. The minimum Gasteiger partial charge on any atom is -0.351 e. The molecule has 0 unspecified atom stereocenters. The number of aromatic nitrogens is 5. The molecule has 0 aliphatic carbocycles. The van der Waals surface area contributed by atoms with Gasteiger partial charge in [-0.3, -0.25) is 0 Å². The number of piperazine rings is 1. The van der Waals surface area contributed by atoms with E-state index in [2.05, 4.69) is 25.8 Å². The molecule has 0 saturated carbocycles. The van der Waals surface area contributed by atoms with Gasteiger partial charge in [0.25, 0.3) is 0 Å². The van der Waals surface area contributed by atoms with Gasteiger partial charge in [0, 0.05) is 26.2 Å². The maximum atomic E-state index is 14.3. The number of hydrogen-bond acceptors (Lipinski definition) is 6. The average molecular weight is 341 g/mol. The number of benzene rings is 1. The van der Waals surface area contributed by atoms with Crippen LogP contribution >= 0.6 is 0 Å². The Kier molecular flexibility index (Phi) is 3.27. The topological polar surface area (TPSA) is 71.2 Å². The summed E-state index contributed by atoms with van der Waals surface area (Å²) in [4.78, 5) is 6.09.